The van der Waals surface area contributed by atoms with Crippen molar-refractivity contribution < 1.29 is 22.3 Å². The van der Waals surface area contributed by atoms with Gasteiger partial charge in [0.15, 0.2) is 0 Å². The second-order valence-electron chi connectivity index (χ2n) is 4.78. The smallest absolute Gasteiger partial charge is 0.124 e. The van der Waals surface area contributed by atoms with Crippen molar-refractivity contribution >= 4 is 0 Å². The largest absolute Gasteiger partial charge is 1.00 e. The molecule has 0 atom stereocenters. The number of aryl methyl sites for hydroxylation is 1. The molecular weight excluding hydrogens is 286 g/mol. The van der Waals surface area contributed by atoms with Crippen LogP contribution < -0.4 is 22.5 Å². The fraction of sp³-hybridized carbons (Fsp3) is 0.294. The summed E-state index contributed by atoms with van der Waals surface area (Å²) in [5, 5.41) is 12.0. The van der Waals surface area contributed by atoms with Crippen LogP contribution in [0.1, 0.15) is 16.7 Å². The van der Waals surface area contributed by atoms with Crippen molar-refractivity contribution in [3.8, 4) is 5.75 Å². The van der Waals surface area contributed by atoms with Crippen molar-refractivity contribution in [1.29, 1.82) is 0 Å². The molecule has 0 aliphatic carbocycles. The lowest BCUT2D eigenvalue weighted by Gasteiger charge is -2.12. The maximum atomic E-state index is 8.79. The monoisotopic (exact) mass is 306 g/mol. The average molecular weight is 307 g/mol. The fourth-order valence-corrected chi connectivity index (χ4v) is 1.94. The van der Waals surface area contributed by atoms with Gasteiger partial charge in [0, 0.05) is 18.7 Å². The summed E-state index contributed by atoms with van der Waals surface area (Å²) in [6.07, 6.45) is 0. The molecule has 0 spiro atoms. The number of halogens is 1. The van der Waals surface area contributed by atoms with Gasteiger partial charge in [-0.25, -0.2) is 0 Å². The number of benzene rings is 2. The first-order chi connectivity index (χ1) is 9.79. The van der Waals surface area contributed by atoms with E-state index < -0.39 is 0 Å². The summed E-state index contributed by atoms with van der Waals surface area (Å²) in [7, 11) is 0. The van der Waals surface area contributed by atoms with Crippen molar-refractivity contribution in [1.82, 2.24) is 5.32 Å². The molecule has 0 aliphatic heterocycles. The molecule has 4 heteroatoms. The van der Waals surface area contributed by atoms with Crippen molar-refractivity contribution in [3.05, 3.63) is 65.2 Å². The Kier molecular flexibility index (Phi) is 7.83. The van der Waals surface area contributed by atoms with Gasteiger partial charge in [-0.3, -0.25) is 0 Å². The molecule has 2 aromatic carbocycles. The lowest BCUT2D eigenvalue weighted by atomic mass is 10.1. The summed E-state index contributed by atoms with van der Waals surface area (Å²) in [5.74, 6) is 0.888. The molecule has 114 valence electrons. The van der Waals surface area contributed by atoms with Crippen LogP contribution in [0.4, 0.5) is 0 Å². The van der Waals surface area contributed by atoms with Gasteiger partial charge in [-0.15, -0.1) is 0 Å². The summed E-state index contributed by atoms with van der Waals surface area (Å²) in [5.41, 5.74) is 3.52. The van der Waals surface area contributed by atoms with Crippen molar-refractivity contribution in [3.63, 3.8) is 0 Å². The Balaban J connectivity index is 0.00000220. The van der Waals surface area contributed by atoms with Gasteiger partial charge in [-0.05, 0) is 18.6 Å². The van der Waals surface area contributed by atoms with Crippen LogP contribution >= 0.6 is 0 Å². The van der Waals surface area contributed by atoms with Crippen molar-refractivity contribution in [2.24, 2.45) is 0 Å². The number of aliphatic hydroxyl groups is 1. The van der Waals surface area contributed by atoms with E-state index in [9.17, 15) is 0 Å². The Hall–Kier alpha value is -1.55. The molecule has 21 heavy (non-hydrogen) atoms. The molecule has 0 unspecified atom stereocenters. The third kappa shape index (κ3) is 5.76. The first-order valence-corrected chi connectivity index (χ1v) is 6.87. The Morgan fingerprint density at radius 1 is 1.05 bits per heavy atom. The van der Waals surface area contributed by atoms with Gasteiger partial charge in [0.05, 0.1) is 6.61 Å². The molecule has 2 rings (SSSR count). The molecule has 2 N–H and O–H groups in total. The first-order valence-electron chi connectivity index (χ1n) is 6.87. The van der Waals surface area contributed by atoms with E-state index >= 15 is 0 Å². The summed E-state index contributed by atoms with van der Waals surface area (Å²) in [6, 6.07) is 16.3. The predicted octanol–water partition coefficient (Wildman–Crippen LogP) is -0.340. The zero-order chi connectivity index (χ0) is 14.2. The molecule has 0 heterocycles. The van der Waals surface area contributed by atoms with Crippen LogP contribution in [0.25, 0.3) is 0 Å². The quantitative estimate of drug-likeness (QED) is 0.688. The minimum absolute atomic E-state index is 0. The van der Waals surface area contributed by atoms with Gasteiger partial charge in [0.2, 0.25) is 0 Å². The Bertz CT molecular complexity index is 529. The van der Waals surface area contributed by atoms with Crippen molar-refractivity contribution in [2.45, 2.75) is 20.1 Å². The maximum Gasteiger partial charge on any atom is 0.124 e. The lowest BCUT2D eigenvalue weighted by Crippen LogP contribution is -3.00. The van der Waals surface area contributed by atoms with Gasteiger partial charge >= 0.3 is 0 Å². The van der Waals surface area contributed by atoms with Crippen LogP contribution in [-0.2, 0) is 13.2 Å². The van der Waals surface area contributed by atoms with Crippen LogP contribution in [0, 0.1) is 6.92 Å². The normalized spacial score (nSPS) is 10.0. The van der Waals surface area contributed by atoms with E-state index in [4.69, 9.17) is 9.84 Å². The Morgan fingerprint density at radius 3 is 2.48 bits per heavy atom. The second-order valence-corrected chi connectivity index (χ2v) is 4.78. The van der Waals surface area contributed by atoms with Gasteiger partial charge in [0.1, 0.15) is 12.4 Å². The van der Waals surface area contributed by atoms with E-state index in [2.05, 4.69) is 36.5 Å². The molecule has 0 fully saturated rings. The third-order valence-electron chi connectivity index (χ3n) is 3.09. The van der Waals surface area contributed by atoms with Gasteiger partial charge in [-0.1, -0.05) is 48.0 Å². The number of hydrogen-bond acceptors (Lipinski definition) is 3. The van der Waals surface area contributed by atoms with Crippen molar-refractivity contribution in [2.75, 3.05) is 13.2 Å². The first kappa shape index (κ1) is 17.5. The van der Waals surface area contributed by atoms with Gasteiger partial charge in [0.25, 0.3) is 0 Å². The van der Waals surface area contributed by atoms with Crippen LogP contribution in [0.15, 0.2) is 48.5 Å². The summed E-state index contributed by atoms with van der Waals surface area (Å²) >= 11 is 0. The number of ether oxygens (including phenoxy) is 1. The summed E-state index contributed by atoms with van der Waals surface area (Å²) in [6.45, 7) is 4.08. The Labute approximate surface area is 132 Å². The topological polar surface area (TPSA) is 41.5 Å². The van der Waals surface area contributed by atoms with Crippen LogP contribution in [0.5, 0.6) is 5.75 Å². The molecule has 0 amide bonds. The molecule has 0 aromatic heterocycles. The summed E-state index contributed by atoms with van der Waals surface area (Å²) in [4.78, 5) is 0. The third-order valence-corrected chi connectivity index (χ3v) is 3.09. The molecular formula is C17H21ClNO2-. The van der Waals surface area contributed by atoms with E-state index in [0.29, 0.717) is 19.7 Å². The minimum Gasteiger partial charge on any atom is -1.00 e. The number of nitrogens with one attached hydrogen (secondary N) is 1. The molecule has 2 aromatic rings. The standard InChI is InChI=1S/C17H21NO2.ClH/c1-14-6-8-15(9-7-14)13-20-17-5-3-2-4-16(17)12-18-10-11-19;/h2-9,18-19H,10-13H2,1H3;1H/p-1. The van der Waals surface area contributed by atoms with E-state index in [-0.39, 0.29) is 19.0 Å². The summed E-state index contributed by atoms with van der Waals surface area (Å²) < 4.78 is 5.89. The molecule has 0 saturated carbocycles. The van der Waals surface area contributed by atoms with E-state index in [1.165, 1.54) is 5.56 Å². The van der Waals surface area contributed by atoms with E-state index in [1.54, 1.807) is 0 Å². The maximum absolute atomic E-state index is 8.79. The zero-order valence-corrected chi connectivity index (χ0v) is 12.9. The van der Waals surface area contributed by atoms with E-state index in [0.717, 1.165) is 16.9 Å². The highest BCUT2D eigenvalue weighted by atomic mass is 35.5. The second kappa shape index (κ2) is 9.40. The number of para-hydroxylation sites is 1. The predicted molar refractivity (Wildman–Crippen MR) is 80.7 cm³/mol. The van der Waals surface area contributed by atoms with Gasteiger partial charge < -0.3 is 27.6 Å². The van der Waals surface area contributed by atoms with Crippen LogP contribution in [0.3, 0.4) is 0 Å². The minimum atomic E-state index is 0. The zero-order valence-electron chi connectivity index (χ0n) is 12.2. The average Bonchev–Trinajstić information content (AvgIpc) is 2.48. The fourth-order valence-electron chi connectivity index (χ4n) is 1.94. The molecule has 0 bridgehead atoms. The molecule has 0 aliphatic rings. The molecule has 0 radical (unpaired) electrons. The highest BCUT2D eigenvalue weighted by Crippen LogP contribution is 2.19. The SMILES string of the molecule is Cc1ccc(COc2ccccc2CNCCO)cc1.[Cl-]. The Morgan fingerprint density at radius 2 is 1.76 bits per heavy atom. The van der Waals surface area contributed by atoms with Crippen LogP contribution in [-0.4, -0.2) is 18.3 Å². The van der Waals surface area contributed by atoms with E-state index in [1.807, 2.05) is 24.3 Å². The molecule has 3 nitrogen and oxygen atoms in total. The lowest BCUT2D eigenvalue weighted by molar-refractivity contribution is -0.00000555. The highest BCUT2D eigenvalue weighted by Gasteiger charge is 2.03. The highest BCUT2D eigenvalue weighted by molar-refractivity contribution is 5.33. The van der Waals surface area contributed by atoms with Gasteiger partial charge in [-0.2, -0.15) is 0 Å². The molecule has 0 saturated heterocycles. The van der Waals surface area contributed by atoms with Crippen LogP contribution in [0.2, 0.25) is 0 Å². The number of aliphatic hydroxyl groups excluding tert-OH is 1. The number of hydrogen-bond donors (Lipinski definition) is 2. The number of rotatable bonds is 7.